The highest BCUT2D eigenvalue weighted by atomic mass is 15.1. The summed E-state index contributed by atoms with van der Waals surface area (Å²) < 4.78 is 4.14. The molecule has 0 amide bonds. The number of imidazole rings is 1. The average molecular weight is 230 g/mol. The number of benzene rings is 1. The number of rotatable bonds is 3. The highest BCUT2D eigenvalue weighted by molar-refractivity contribution is 5.36. The van der Waals surface area contributed by atoms with Crippen LogP contribution in [-0.2, 0) is 13.2 Å². The fourth-order valence-electron chi connectivity index (χ4n) is 2.28. The van der Waals surface area contributed by atoms with Crippen LogP contribution in [0.1, 0.15) is 22.3 Å². The number of hydrogen-bond acceptors (Lipinski definition) is 1. The second kappa shape index (κ2) is 4.72. The van der Waals surface area contributed by atoms with Gasteiger partial charge in [0.1, 0.15) is 25.6 Å². The number of aryl methyl sites for hydroxylation is 3. The molecule has 0 aliphatic rings. The fourth-order valence-corrected chi connectivity index (χ4v) is 2.28. The molecule has 17 heavy (non-hydrogen) atoms. The van der Waals surface area contributed by atoms with Crippen LogP contribution in [0.25, 0.3) is 0 Å². The Labute approximate surface area is 103 Å². The second-order valence-corrected chi connectivity index (χ2v) is 4.66. The summed E-state index contributed by atoms with van der Waals surface area (Å²) in [6.07, 6.45) is 6.10. The lowest BCUT2D eigenvalue weighted by molar-refractivity contribution is -0.688. The van der Waals surface area contributed by atoms with Gasteiger partial charge in [0.25, 0.3) is 0 Å². The van der Waals surface area contributed by atoms with E-state index in [1.807, 2.05) is 17.1 Å². The number of hydrogen-bond donors (Lipinski definition) is 1. The molecular formula is C14H20N3+. The van der Waals surface area contributed by atoms with Crippen molar-refractivity contribution in [3.8, 4) is 0 Å². The van der Waals surface area contributed by atoms with Crippen molar-refractivity contribution in [3.63, 3.8) is 0 Å². The normalized spacial score (nSPS) is 10.8. The van der Waals surface area contributed by atoms with E-state index in [0.29, 0.717) is 6.67 Å². The summed E-state index contributed by atoms with van der Waals surface area (Å²) in [7, 11) is 0. The topological polar surface area (TPSA) is 34.8 Å². The first-order valence-corrected chi connectivity index (χ1v) is 5.92. The van der Waals surface area contributed by atoms with Crippen molar-refractivity contribution in [1.29, 1.82) is 0 Å². The van der Waals surface area contributed by atoms with E-state index in [-0.39, 0.29) is 0 Å². The van der Waals surface area contributed by atoms with Crippen molar-refractivity contribution in [2.24, 2.45) is 5.73 Å². The zero-order valence-corrected chi connectivity index (χ0v) is 10.8. The summed E-state index contributed by atoms with van der Waals surface area (Å²) in [5.41, 5.74) is 11.0. The van der Waals surface area contributed by atoms with Gasteiger partial charge in [0.2, 0.25) is 6.33 Å². The third kappa shape index (κ3) is 2.56. The van der Waals surface area contributed by atoms with Crippen molar-refractivity contribution in [3.05, 3.63) is 53.1 Å². The highest BCUT2D eigenvalue weighted by Crippen LogP contribution is 2.15. The van der Waals surface area contributed by atoms with Crippen LogP contribution in [0, 0.1) is 20.8 Å². The van der Waals surface area contributed by atoms with Crippen molar-refractivity contribution >= 4 is 0 Å². The Kier molecular flexibility index (Phi) is 3.29. The molecule has 3 nitrogen and oxygen atoms in total. The van der Waals surface area contributed by atoms with Crippen molar-refractivity contribution in [2.75, 3.05) is 0 Å². The smallest absolute Gasteiger partial charge is 0.245 e. The molecule has 0 aliphatic carbocycles. The first-order chi connectivity index (χ1) is 8.10. The van der Waals surface area contributed by atoms with Crippen LogP contribution in [0.3, 0.4) is 0 Å². The quantitative estimate of drug-likeness (QED) is 0.800. The number of nitrogens with two attached hydrogens (primary N) is 1. The summed E-state index contributed by atoms with van der Waals surface area (Å²) in [5.74, 6) is 0. The lowest BCUT2D eigenvalue weighted by atomic mass is 10.00. The summed E-state index contributed by atoms with van der Waals surface area (Å²) in [6, 6.07) is 4.48. The average Bonchev–Trinajstić information content (AvgIpc) is 2.71. The lowest BCUT2D eigenvalue weighted by Gasteiger charge is -2.09. The van der Waals surface area contributed by atoms with Gasteiger partial charge in [-0.25, -0.2) is 9.13 Å². The Bertz CT molecular complexity index is 503. The monoisotopic (exact) mass is 230 g/mol. The first-order valence-electron chi connectivity index (χ1n) is 5.92. The first kappa shape index (κ1) is 11.9. The van der Waals surface area contributed by atoms with E-state index in [9.17, 15) is 0 Å². The van der Waals surface area contributed by atoms with E-state index in [1.165, 1.54) is 22.3 Å². The SMILES string of the molecule is Cc1cc(C)c(C[n+]2ccn(CN)c2)c(C)c1. The Morgan fingerprint density at radius 1 is 1.18 bits per heavy atom. The van der Waals surface area contributed by atoms with Gasteiger partial charge in [-0.15, -0.1) is 0 Å². The molecule has 2 N–H and O–H groups in total. The molecule has 0 unspecified atom stereocenters. The van der Waals surface area contributed by atoms with Crippen LogP contribution in [0.15, 0.2) is 30.9 Å². The number of aromatic nitrogens is 2. The van der Waals surface area contributed by atoms with Crippen LogP contribution in [0.5, 0.6) is 0 Å². The molecule has 0 saturated carbocycles. The number of nitrogens with zero attached hydrogens (tertiary/aromatic N) is 2. The molecule has 0 aliphatic heterocycles. The molecule has 1 aromatic carbocycles. The van der Waals surface area contributed by atoms with E-state index in [4.69, 9.17) is 5.73 Å². The Hall–Kier alpha value is -1.61. The van der Waals surface area contributed by atoms with Crippen LogP contribution in [0.2, 0.25) is 0 Å². The maximum absolute atomic E-state index is 5.59. The summed E-state index contributed by atoms with van der Waals surface area (Å²) >= 11 is 0. The molecule has 1 aromatic heterocycles. The van der Waals surface area contributed by atoms with Gasteiger partial charge in [0.15, 0.2) is 0 Å². The maximum atomic E-state index is 5.59. The molecule has 2 rings (SSSR count). The zero-order valence-electron chi connectivity index (χ0n) is 10.8. The van der Waals surface area contributed by atoms with E-state index in [1.54, 1.807) is 0 Å². The van der Waals surface area contributed by atoms with E-state index in [0.717, 1.165) is 6.54 Å². The molecule has 0 atom stereocenters. The minimum atomic E-state index is 0.527. The predicted octanol–water partition coefficient (Wildman–Crippen LogP) is 1.67. The summed E-state index contributed by atoms with van der Waals surface area (Å²) in [6.45, 7) is 7.93. The molecule has 0 saturated heterocycles. The molecule has 0 spiro atoms. The Balaban J connectivity index is 2.29. The van der Waals surface area contributed by atoms with E-state index in [2.05, 4.69) is 43.7 Å². The molecule has 0 radical (unpaired) electrons. The second-order valence-electron chi connectivity index (χ2n) is 4.66. The maximum Gasteiger partial charge on any atom is 0.245 e. The molecule has 0 bridgehead atoms. The van der Waals surface area contributed by atoms with Gasteiger partial charge in [-0.2, -0.15) is 0 Å². The van der Waals surface area contributed by atoms with Crippen molar-refractivity contribution < 1.29 is 4.57 Å². The van der Waals surface area contributed by atoms with Crippen LogP contribution < -0.4 is 10.3 Å². The molecule has 0 fully saturated rings. The van der Waals surface area contributed by atoms with Crippen LogP contribution in [0.4, 0.5) is 0 Å². The van der Waals surface area contributed by atoms with Crippen LogP contribution >= 0.6 is 0 Å². The lowest BCUT2D eigenvalue weighted by Crippen LogP contribution is -2.32. The van der Waals surface area contributed by atoms with Gasteiger partial charge in [-0.05, 0) is 37.5 Å². The van der Waals surface area contributed by atoms with Crippen molar-refractivity contribution in [1.82, 2.24) is 4.57 Å². The van der Waals surface area contributed by atoms with Crippen LogP contribution in [-0.4, -0.2) is 4.57 Å². The standard InChI is InChI=1S/C14H20N3/c1-11-6-12(2)14(13(3)7-11)8-16-4-5-17(9-15)10-16/h4-7,10H,8-9,15H2,1-3H3/q+1. The summed E-state index contributed by atoms with van der Waals surface area (Å²) in [5, 5.41) is 0. The van der Waals surface area contributed by atoms with Gasteiger partial charge in [0, 0.05) is 0 Å². The molecule has 1 heterocycles. The van der Waals surface area contributed by atoms with Crippen molar-refractivity contribution in [2.45, 2.75) is 34.0 Å². The molecular weight excluding hydrogens is 210 g/mol. The van der Waals surface area contributed by atoms with Gasteiger partial charge in [-0.1, -0.05) is 17.7 Å². The molecule has 2 aromatic rings. The minimum Gasteiger partial charge on any atom is -0.295 e. The molecule has 90 valence electrons. The van der Waals surface area contributed by atoms with Gasteiger partial charge < -0.3 is 0 Å². The Morgan fingerprint density at radius 2 is 1.82 bits per heavy atom. The fraction of sp³-hybridized carbons (Fsp3) is 0.357. The predicted molar refractivity (Wildman–Crippen MR) is 68.6 cm³/mol. The van der Waals surface area contributed by atoms with Gasteiger partial charge in [-0.3, -0.25) is 5.73 Å². The third-order valence-electron chi connectivity index (χ3n) is 3.14. The zero-order chi connectivity index (χ0) is 12.4. The van der Waals surface area contributed by atoms with Gasteiger partial charge >= 0.3 is 0 Å². The molecule has 3 heteroatoms. The van der Waals surface area contributed by atoms with E-state index < -0.39 is 0 Å². The minimum absolute atomic E-state index is 0.527. The summed E-state index contributed by atoms with van der Waals surface area (Å²) in [4.78, 5) is 0. The van der Waals surface area contributed by atoms with Gasteiger partial charge in [0.05, 0.1) is 0 Å². The Morgan fingerprint density at radius 3 is 2.35 bits per heavy atom. The highest BCUT2D eigenvalue weighted by Gasteiger charge is 2.08. The third-order valence-corrected chi connectivity index (χ3v) is 3.14. The van der Waals surface area contributed by atoms with E-state index >= 15 is 0 Å². The largest absolute Gasteiger partial charge is 0.295 e.